The number of ether oxygens (including phenoxy) is 1. The van der Waals surface area contributed by atoms with Gasteiger partial charge >= 0.3 is 12.1 Å². The highest BCUT2D eigenvalue weighted by atomic mass is 32.1. The van der Waals surface area contributed by atoms with Gasteiger partial charge in [-0.25, -0.2) is 9.78 Å². The summed E-state index contributed by atoms with van der Waals surface area (Å²) in [5.74, 6) is -0.195. The number of fused-ring (bicyclic) bond motifs is 1. The van der Waals surface area contributed by atoms with Crippen LogP contribution in [-0.4, -0.2) is 63.1 Å². The molecule has 2 aliphatic heterocycles. The van der Waals surface area contributed by atoms with Crippen LogP contribution in [0.25, 0.3) is 0 Å². The molecule has 0 radical (unpaired) electrons. The Morgan fingerprint density at radius 2 is 2.10 bits per heavy atom. The third-order valence-corrected chi connectivity index (χ3v) is 6.20. The molecule has 1 N–H and O–H groups in total. The summed E-state index contributed by atoms with van der Waals surface area (Å²) >= 11 is 1.76. The van der Waals surface area contributed by atoms with Gasteiger partial charge in [-0.05, 0) is 25.8 Å². The van der Waals surface area contributed by atoms with Crippen molar-refractivity contribution in [2.45, 2.75) is 45.5 Å². The predicted octanol–water partition coefficient (Wildman–Crippen LogP) is 2.86. The summed E-state index contributed by atoms with van der Waals surface area (Å²) in [5, 5.41) is 15.1. The van der Waals surface area contributed by atoms with Gasteiger partial charge in [-0.1, -0.05) is 0 Å². The van der Waals surface area contributed by atoms with Gasteiger partial charge in [0.1, 0.15) is 0 Å². The Morgan fingerprint density at radius 1 is 1.37 bits per heavy atom. The lowest BCUT2D eigenvalue weighted by Crippen LogP contribution is -2.41. The second-order valence-electron chi connectivity index (χ2n) is 7.40. The Bertz CT molecular complexity index is 857. The summed E-state index contributed by atoms with van der Waals surface area (Å²) in [6.45, 7) is 8.03. The molecule has 8 nitrogen and oxygen atoms in total. The number of nitrogens with zero attached hydrogens (tertiary/aromatic N) is 4. The molecule has 4 heterocycles. The molecule has 0 saturated carbocycles. The maximum atomic E-state index is 10.6. The number of likely N-dealkylation sites (tertiary alicyclic amines) is 1. The first-order chi connectivity index (χ1) is 14.1. The van der Waals surface area contributed by atoms with E-state index >= 15 is 0 Å². The van der Waals surface area contributed by atoms with Gasteiger partial charge in [-0.15, -0.1) is 21.5 Å². The molecule has 2 aromatic rings. The van der Waals surface area contributed by atoms with Crippen LogP contribution in [0, 0.1) is 25.7 Å². The molecule has 4 rings (SSSR count). The van der Waals surface area contributed by atoms with Crippen LogP contribution >= 0.6 is 11.3 Å². The van der Waals surface area contributed by atoms with Gasteiger partial charge in [0, 0.05) is 30.8 Å². The van der Waals surface area contributed by atoms with Crippen molar-refractivity contribution in [2.75, 3.05) is 19.7 Å². The van der Waals surface area contributed by atoms with Gasteiger partial charge in [-0.3, -0.25) is 4.90 Å². The number of aliphatic carboxylic acids is 1. The first-order valence-corrected chi connectivity index (χ1v) is 10.3. The number of carboxylic acid groups (broad SMARTS) is 1. The van der Waals surface area contributed by atoms with Crippen molar-refractivity contribution >= 4 is 17.3 Å². The molecule has 2 saturated heterocycles. The smallest absolute Gasteiger partial charge is 0.475 e. The van der Waals surface area contributed by atoms with Crippen molar-refractivity contribution < 1.29 is 32.2 Å². The fourth-order valence-electron chi connectivity index (χ4n) is 3.79. The molecule has 0 spiro atoms. The Labute approximate surface area is 175 Å². The van der Waals surface area contributed by atoms with Gasteiger partial charge in [0.05, 0.1) is 30.3 Å². The van der Waals surface area contributed by atoms with Crippen LogP contribution in [-0.2, 0) is 22.5 Å². The van der Waals surface area contributed by atoms with Crippen molar-refractivity contribution in [1.29, 1.82) is 0 Å². The highest BCUT2D eigenvalue weighted by Crippen LogP contribution is 2.36. The number of carboxylic acids is 1. The number of halogens is 3. The van der Waals surface area contributed by atoms with Gasteiger partial charge in [-0.2, -0.15) is 13.2 Å². The molecule has 2 aliphatic rings. The van der Waals surface area contributed by atoms with Crippen LogP contribution in [0.2, 0.25) is 0 Å². The molecule has 0 aliphatic carbocycles. The van der Waals surface area contributed by atoms with Gasteiger partial charge in [0.25, 0.3) is 0 Å². The molecular formula is C18H23F3N4O4S. The standard InChI is InChI=1S/C16H22N4O2S.C2HF3O2/c1-10-15(23-9-17-10)7-20-4-3-13-12(6-20)8-21-14(13)5-16-19-18-11(2)22-16;3-2(4,5)1(6)7/h9,12-14H,3-8H2,1-2H3;(H,6,7)/t12-,13-,14+;/m1./s1. The summed E-state index contributed by atoms with van der Waals surface area (Å²) in [7, 11) is 0. The van der Waals surface area contributed by atoms with E-state index in [9.17, 15) is 13.2 Å². The Balaban J connectivity index is 0.000000318. The minimum atomic E-state index is -5.08. The van der Waals surface area contributed by atoms with Crippen molar-refractivity contribution in [3.05, 3.63) is 27.9 Å². The zero-order valence-electron chi connectivity index (χ0n) is 16.6. The van der Waals surface area contributed by atoms with Crippen LogP contribution < -0.4 is 0 Å². The zero-order chi connectivity index (χ0) is 21.9. The van der Waals surface area contributed by atoms with Crippen LogP contribution in [0.3, 0.4) is 0 Å². The van der Waals surface area contributed by atoms with E-state index in [4.69, 9.17) is 19.1 Å². The van der Waals surface area contributed by atoms with Crippen LogP contribution in [0.15, 0.2) is 9.93 Å². The zero-order valence-corrected chi connectivity index (χ0v) is 17.4. The van der Waals surface area contributed by atoms with E-state index < -0.39 is 12.1 Å². The lowest BCUT2D eigenvalue weighted by molar-refractivity contribution is -0.192. The monoisotopic (exact) mass is 448 g/mol. The highest BCUT2D eigenvalue weighted by Gasteiger charge is 2.41. The fraction of sp³-hybridized carbons (Fsp3) is 0.667. The Morgan fingerprint density at radius 3 is 2.67 bits per heavy atom. The number of hydrogen-bond donors (Lipinski definition) is 1. The average Bonchev–Trinajstić information content (AvgIpc) is 3.37. The maximum Gasteiger partial charge on any atom is 0.490 e. The Kier molecular flexibility index (Phi) is 7.09. The van der Waals surface area contributed by atoms with Crippen LogP contribution in [0.4, 0.5) is 13.2 Å². The van der Waals surface area contributed by atoms with Gasteiger partial charge in [0.15, 0.2) is 0 Å². The molecule has 30 heavy (non-hydrogen) atoms. The molecule has 3 atom stereocenters. The first-order valence-electron chi connectivity index (χ1n) is 9.45. The van der Waals surface area contributed by atoms with Crippen LogP contribution in [0.5, 0.6) is 0 Å². The van der Waals surface area contributed by atoms with E-state index in [0.29, 0.717) is 23.6 Å². The number of rotatable bonds is 4. The number of thiazole rings is 1. The number of carbonyl (C=O) groups is 1. The molecule has 2 fully saturated rings. The topological polar surface area (TPSA) is 102 Å². The Hall–Kier alpha value is -2.05. The summed E-state index contributed by atoms with van der Waals surface area (Å²) in [6.07, 6.45) is -2.93. The minimum absolute atomic E-state index is 0.229. The third-order valence-electron chi connectivity index (χ3n) is 5.28. The number of aromatic nitrogens is 3. The normalized spacial score (nSPS) is 24.2. The minimum Gasteiger partial charge on any atom is -0.475 e. The SMILES string of the molecule is Cc1nnc(C[C@@H]2OC[C@H]3CN(Cc4scnc4C)CC[C@H]32)o1.O=C(O)C(F)(F)F. The number of alkyl halides is 3. The second kappa shape index (κ2) is 9.40. The number of piperidine rings is 1. The van der Waals surface area contributed by atoms with E-state index in [1.165, 1.54) is 17.0 Å². The molecule has 0 aromatic carbocycles. The van der Waals surface area contributed by atoms with E-state index in [2.05, 4.69) is 27.0 Å². The van der Waals surface area contributed by atoms with E-state index in [1.54, 1.807) is 11.3 Å². The number of aryl methyl sites for hydroxylation is 2. The van der Waals surface area contributed by atoms with Crippen molar-refractivity contribution in [3.63, 3.8) is 0 Å². The third kappa shape index (κ3) is 5.76. The lowest BCUT2D eigenvalue weighted by Gasteiger charge is -2.35. The quantitative estimate of drug-likeness (QED) is 0.762. The maximum absolute atomic E-state index is 10.6. The van der Waals surface area contributed by atoms with Crippen molar-refractivity contribution in [1.82, 2.24) is 20.1 Å². The number of hydrogen-bond acceptors (Lipinski definition) is 8. The lowest BCUT2D eigenvalue weighted by atomic mass is 9.83. The van der Waals surface area contributed by atoms with E-state index in [0.717, 1.165) is 32.7 Å². The van der Waals surface area contributed by atoms with Gasteiger partial charge < -0.3 is 14.3 Å². The predicted molar refractivity (Wildman–Crippen MR) is 99.9 cm³/mol. The average molecular weight is 448 g/mol. The highest BCUT2D eigenvalue weighted by molar-refractivity contribution is 7.09. The summed E-state index contributed by atoms with van der Waals surface area (Å²) < 4.78 is 43.3. The molecule has 2 aromatic heterocycles. The summed E-state index contributed by atoms with van der Waals surface area (Å²) in [4.78, 5) is 17.2. The molecular weight excluding hydrogens is 425 g/mol. The first kappa shape index (κ1) is 22.6. The molecule has 12 heteroatoms. The fourth-order valence-corrected chi connectivity index (χ4v) is 4.61. The van der Waals surface area contributed by atoms with Crippen molar-refractivity contribution in [3.8, 4) is 0 Å². The van der Waals surface area contributed by atoms with Gasteiger partial charge in [0.2, 0.25) is 11.8 Å². The van der Waals surface area contributed by atoms with E-state index in [-0.39, 0.29) is 6.10 Å². The molecule has 166 valence electrons. The van der Waals surface area contributed by atoms with Crippen LogP contribution in [0.1, 0.15) is 28.8 Å². The molecule has 0 bridgehead atoms. The molecule has 0 amide bonds. The summed E-state index contributed by atoms with van der Waals surface area (Å²) in [5.41, 5.74) is 3.11. The second-order valence-corrected chi connectivity index (χ2v) is 8.34. The summed E-state index contributed by atoms with van der Waals surface area (Å²) in [6, 6.07) is 0. The van der Waals surface area contributed by atoms with E-state index in [1.807, 2.05) is 12.4 Å². The largest absolute Gasteiger partial charge is 0.490 e. The molecule has 0 unspecified atom stereocenters. The van der Waals surface area contributed by atoms with Crippen molar-refractivity contribution in [2.24, 2.45) is 11.8 Å².